The zero-order chi connectivity index (χ0) is 12.0. The van der Waals surface area contributed by atoms with Gasteiger partial charge >= 0.3 is 0 Å². The van der Waals surface area contributed by atoms with Gasteiger partial charge in [-0.15, -0.1) is 6.58 Å². The lowest BCUT2D eigenvalue weighted by molar-refractivity contribution is 0.415. The average molecular weight is 219 g/mol. The van der Waals surface area contributed by atoms with Crippen molar-refractivity contribution in [1.82, 2.24) is 0 Å². The van der Waals surface area contributed by atoms with Crippen molar-refractivity contribution in [1.29, 1.82) is 0 Å². The molecule has 0 saturated heterocycles. The summed E-state index contributed by atoms with van der Waals surface area (Å²) in [5.74, 6) is 1.46. The second kappa shape index (κ2) is 6.21. The summed E-state index contributed by atoms with van der Waals surface area (Å²) in [6.07, 6.45) is 2.99. The molecule has 2 atom stereocenters. The molecule has 1 aromatic rings. The Morgan fingerprint density at radius 1 is 1.44 bits per heavy atom. The largest absolute Gasteiger partial charge is 0.497 e. The van der Waals surface area contributed by atoms with E-state index in [0.29, 0.717) is 12.0 Å². The van der Waals surface area contributed by atoms with E-state index in [9.17, 15) is 0 Å². The molecule has 0 amide bonds. The van der Waals surface area contributed by atoms with Crippen LogP contribution in [0.25, 0.3) is 0 Å². The number of methoxy groups -OCH3 is 1. The Hall–Kier alpha value is -1.44. The van der Waals surface area contributed by atoms with E-state index in [0.717, 1.165) is 17.9 Å². The van der Waals surface area contributed by atoms with Crippen LogP contribution in [0.1, 0.15) is 20.3 Å². The summed E-state index contributed by atoms with van der Waals surface area (Å²) in [5, 5.41) is 3.47. The van der Waals surface area contributed by atoms with Gasteiger partial charge in [0.05, 0.1) is 7.11 Å². The maximum Gasteiger partial charge on any atom is 0.120 e. The second-order valence-corrected chi connectivity index (χ2v) is 4.17. The van der Waals surface area contributed by atoms with Gasteiger partial charge < -0.3 is 10.1 Å². The van der Waals surface area contributed by atoms with Crippen LogP contribution in [0.2, 0.25) is 0 Å². The standard InChI is InChI=1S/C14H21NO/c1-5-7-11(2)12(3)15-13-8-6-9-14(10-13)16-4/h5-6,8-12,15H,1,7H2,2-4H3. The van der Waals surface area contributed by atoms with Crippen LogP contribution in [-0.2, 0) is 0 Å². The van der Waals surface area contributed by atoms with Crippen molar-refractivity contribution in [2.45, 2.75) is 26.3 Å². The van der Waals surface area contributed by atoms with Gasteiger partial charge in [-0.2, -0.15) is 0 Å². The molecular weight excluding hydrogens is 198 g/mol. The fourth-order valence-corrected chi connectivity index (χ4v) is 1.59. The van der Waals surface area contributed by atoms with E-state index >= 15 is 0 Å². The second-order valence-electron chi connectivity index (χ2n) is 4.17. The van der Waals surface area contributed by atoms with Crippen LogP contribution >= 0.6 is 0 Å². The van der Waals surface area contributed by atoms with E-state index in [1.165, 1.54) is 0 Å². The number of allylic oxidation sites excluding steroid dienone is 1. The van der Waals surface area contributed by atoms with E-state index < -0.39 is 0 Å². The molecule has 0 aromatic heterocycles. The highest BCUT2D eigenvalue weighted by Crippen LogP contribution is 2.20. The Balaban J connectivity index is 2.61. The molecule has 2 heteroatoms. The number of anilines is 1. The average Bonchev–Trinajstić information content (AvgIpc) is 2.29. The summed E-state index contributed by atoms with van der Waals surface area (Å²) in [4.78, 5) is 0. The molecule has 2 nitrogen and oxygen atoms in total. The van der Waals surface area contributed by atoms with Crippen LogP contribution in [0.4, 0.5) is 5.69 Å². The van der Waals surface area contributed by atoms with Crippen LogP contribution in [0.5, 0.6) is 5.75 Å². The molecule has 0 spiro atoms. The highest BCUT2D eigenvalue weighted by Gasteiger charge is 2.10. The predicted octanol–water partition coefficient (Wildman–Crippen LogP) is 3.71. The summed E-state index contributed by atoms with van der Waals surface area (Å²) in [7, 11) is 1.68. The SMILES string of the molecule is C=CCC(C)C(C)Nc1cccc(OC)c1. The third kappa shape index (κ3) is 3.61. The third-order valence-electron chi connectivity index (χ3n) is 2.86. The minimum atomic E-state index is 0.421. The van der Waals surface area contributed by atoms with Crippen molar-refractivity contribution in [2.24, 2.45) is 5.92 Å². The van der Waals surface area contributed by atoms with Gasteiger partial charge in [-0.25, -0.2) is 0 Å². The van der Waals surface area contributed by atoms with Crippen LogP contribution < -0.4 is 10.1 Å². The molecule has 1 rings (SSSR count). The molecule has 0 aliphatic carbocycles. The summed E-state index contributed by atoms with van der Waals surface area (Å²) in [5.41, 5.74) is 1.10. The number of benzene rings is 1. The van der Waals surface area contributed by atoms with Crippen molar-refractivity contribution in [3.8, 4) is 5.75 Å². The molecule has 0 radical (unpaired) electrons. The van der Waals surface area contributed by atoms with Gasteiger partial charge in [0.25, 0.3) is 0 Å². The molecule has 1 N–H and O–H groups in total. The monoisotopic (exact) mass is 219 g/mol. The van der Waals surface area contributed by atoms with Gasteiger partial charge in [0.15, 0.2) is 0 Å². The molecule has 2 unspecified atom stereocenters. The first kappa shape index (κ1) is 12.6. The smallest absolute Gasteiger partial charge is 0.120 e. The molecule has 88 valence electrons. The maximum atomic E-state index is 5.19. The summed E-state index contributed by atoms with van der Waals surface area (Å²) >= 11 is 0. The Labute approximate surface area is 98.3 Å². The molecule has 0 aliphatic heterocycles. The molecular formula is C14H21NO. The van der Waals surface area contributed by atoms with Gasteiger partial charge in [0, 0.05) is 17.8 Å². The first-order chi connectivity index (χ1) is 7.67. The number of ether oxygens (including phenoxy) is 1. The fourth-order valence-electron chi connectivity index (χ4n) is 1.59. The van der Waals surface area contributed by atoms with Crippen LogP contribution in [0.3, 0.4) is 0 Å². The molecule has 0 saturated carbocycles. The lowest BCUT2D eigenvalue weighted by atomic mass is 9.99. The molecule has 0 heterocycles. The minimum Gasteiger partial charge on any atom is -0.497 e. The summed E-state index contributed by atoms with van der Waals surface area (Å²) < 4.78 is 5.19. The summed E-state index contributed by atoms with van der Waals surface area (Å²) in [6, 6.07) is 8.43. The van der Waals surface area contributed by atoms with Crippen molar-refractivity contribution in [3.05, 3.63) is 36.9 Å². The van der Waals surface area contributed by atoms with Crippen molar-refractivity contribution < 1.29 is 4.74 Å². The van der Waals surface area contributed by atoms with Crippen molar-refractivity contribution in [3.63, 3.8) is 0 Å². The Morgan fingerprint density at radius 2 is 2.19 bits per heavy atom. The number of nitrogens with one attached hydrogen (secondary N) is 1. The van der Waals surface area contributed by atoms with Crippen LogP contribution in [0.15, 0.2) is 36.9 Å². The number of rotatable bonds is 6. The van der Waals surface area contributed by atoms with E-state index in [1.807, 2.05) is 24.3 Å². The fraction of sp³-hybridized carbons (Fsp3) is 0.429. The number of hydrogen-bond acceptors (Lipinski definition) is 2. The lowest BCUT2D eigenvalue weighted by Crippen LogP contribution is -2.23. The molecule has 16 heavy (non-hydrogen) atoms. The van der Waals surface area contributed by atoms with Gasteiger partial charge in [0.1, 0.15) is 5.75 Å². The van der Waals surface area contributed by atoms with Crippen molar-refractivity contribution in [2.75, 3.05) is 12.4 Å². The van der Waals surface area contributed by atoms with Crippen molar-refractivity contribution >= 4 is 5.69 Å². The highest BCUT2D eigenvalue weighted by molar-refractivity contribution is 5.48. The van der Waals surface area contributed by atoms with Gasteiger partial charge in [-0.1, -0.05) is 19.1 Å². The van der Waals surface area contributed by atoms with Crippen LogP contribution in [0, 0.1) is 5.92 Å². The maximum absolute atomic E-state index is 5.19. The number of hydrogen-bond donors (Lipinski definition) is 1. The summed E-state index contributed by atoms with van der Waals surface area (Å²) in [6.45, 7) is 8.18. The Morgan fingerprint density at radius 3 is 2.81 bits per heavy atom. The van der Waals surface area contributed by atoms with E-state index in [-0.39, 0.29) is 0 Å². The minimum absolute atomic E-state index is 0.421. The van der Waals surface area contributed by atoms with E-state index in [1.54, 1.807) is 7.11 Å². The highest BCUT2D eigenvalue weighted by atomic mass is 16.5. The molecule has 0 aliphatic rings. The molecule has 0 bridgehead atoms. The van der Waals surface area contributed by atoms with E-state index in [2.05, 4.69) is 31.8 Å². The first-order valence-corrected chi connectivity index (χ1v) is 5.69. The zero-order valence-corrected chi connectivity index (χ0v) is 10.4. The molecule has 0 fully saturated rings. The van der Waals surface area contributed by atoms with Gasteiger partial charge in [-0.3, -0.25) is 0 Å². The quantitative estimate of drug-likeness (QED) is 0.736. The Bertz CT molecular complexity index is 335. The predicted molar refractivity (Wildman–Crippen MR) is 70.1 cm³/mol. The lowest BCUT2D eigenvalue weighted by Gasteiger charge is -2.21. The van der Waals surface area contributed by atoms with E-state index in [4.69, 9.17) is 4.74 Å². The topological polar surface area (TPSA) is 21.3 Å². The van der Waals surface area contributed by atoms with Gasteiger partial charge in [-0.05, 0) is 31.4 Å². The Kier molecular flexibility index (Phi) is 4.90. The first-order valence-electron chi connectivity index (χ1n) is 5.69. The van der Waals surface area contributed by atoms with Gasteiger partial charge in [0.2, 0.25) is 0 Å². The zero-order valence-electron chi connectivity index (χ0n) is 10.4. The van der Waals surface area contributed by atoms with Crippen LogP contribution in [-0.4, -0.2) is 13.2 Å². The molecule has 1 aromatic carbocycles. The normalized spacial score (nSPS) is 13.9. The third-order valence-corrected chi connectivity index (χ3v) is 2.86.